The molecule has 0 radical (unpaired) electrons. The minimum atomic E-state index is -0.572. The van der Waals surface area contributed by atoms with Gasteiger partial charge in [-0.2, -0.15) is 5.10 Å². The molecule has 0 saturated carbocycles. The number of pyridine rings is 1. The van der Waals surface area contributed by atoms with E-state index in [9.17, 15) is 9.59 Å². The highest BCUT2D eigenvalue weighted by Gasteiger charge is 2.19. The number of carbonyl (C=O) groups is 2. The second kappa shape index (κ2) is 10.2. The molecule has 3 amide bonds. The number of urea groups is 1. The first-order chi connectivity index (χ1) is 17.0. The second-order valence-electron chi connectivity index (χ2n) is 7.12. The van der Waals surface area contributed by atoms with Gasteiger partial charge in [-0.25, -0.2) is 14.8 Å². The van der Waals surface area contributed by atoms with Gasteiger partial charge in [-0.1, -0.05) is 12.1 Å². The Balaban J connectivity index is 1.65. The molecule has 0 atom stereocenters. The molecule has 0 bridgehead atoms. The van der Waals surface area contributed by atoms with Crippen LogP contribution >= 0.6 is 0 Å². The normalized spacial score (nSPS) is 10.4. The van der Waals surface area contributed by atoms with Crippen LogP contribution < -0.4 is 26.0 Å². The fourth-order valence-electron chi connectivity index (χ4n) is 3.17. The summed E-state index contributed by atoms with van der Waals surface area (Å²) in [6, 6.07) is 11.4. The molecular weight excluding hydrogens is 452 g/mol. The van der Waals surface area contributed by atoms with Crippen molar-refractivity contribution in [1.82, 2.24) is 35.3 Å². The summed E-state index contributed by atoms with van der Waals surface area (Å²) in [6.45, 7) is 0. The molecule has 1 aromatic carbocycles. The zero-order chi connectivity index (χ0) is 24.8. The van der Waals surface area contributed by atoms with Crippen molar-refractivity contribution in [2.45, 2.75) is 0 Å². The van der Waals surface area contributed by atoms with Crippen LogP contribution in [0.3, 0.4) is 0 Å². The van der Waals surface area contributed by atoms with Crippen LogP contribution in [0.15, 0.2) is 55.0 Å². The summed E-state index contributed by atoms with van der Waals surface area (Å²) >= 11 is 0. The molecule has 0 aliphatic carbocycles. The standard InChI is InChI=1S/C22H22N10O3/c1-23-21(33)18-15(11-17(29-30-18)28-22(34)27-16-9-4-5-10-24-16)26-14-8-6-7-13(19(14)35-3)20-25-12-32(2)31-20/h4-12H,1-3H3,(H,23,33)(H3,24,26,27,28,29,34). The number of hydrogen-bond donors (Lipinski definition) is 4. The van der Waals surface area contributed by atoms with Crippen LogP contribution in [0.5, 0.6) is 5.75 Å². The fourth-order valence-corrected chi connectivity index (χ4v) is 3.17. The third kappa shape index (κ3) is 5.30. The predicted molar refractivity (Wildman–Crippen MR) is 129 cm³/mol. The summed E-state index contributed by atoms with van der Waals surface area (Å²) in [6.07, 6.45) is 3.14. The molecule has 4 aromatic rings. The molecule has 0 saturated heterocycles. The van der Waals surface area contributed by atoms with E-state index in [-0.39, 0.29) is 17.2 Å². The number of benzene rings is 1. The summed E-state index contributed by atoms with van der Waals surface area (Å²) in [4.78, 5) is 33.1. The maximum Gasteiger partial charge on any atom is 0.326 e. The number of methoxy groups -OCH3 is 1. The van der Waals surface area contributed by atoms with Gasteiger partial charge >= 0.3 is 6.03 Å². The Labute approximate surface area is 200 Å². The molecule has 3 heterocycles. The van der Waals surface area contributed by atoms with Gasteiger partial charge in [0, 0.05) is 26.4 Å². The van der Waals surface area contributed by atoms with Gasteiger partial charge < -0.3 is 15.4 Å². The van der Waals surface area contributed by atoms with Crippen molar-refractivity contribution >= 4 is 34.9 Å². The van der Waals surface area contributed by atoms with Crippen molar-refractivity contribution in [3.8, 4) is 17.1 Å². The third-order valence-electron chi connectivity index (χ3n) is 4.71. The van der Waals surface area contributed by atoms with Gasteiger partial charge in [-0.15, -0.1) is 10.2 Å². The first-order valence-electron chi connectivity index (χ1n) is 10.4. The Morgan fingerprint density at radius 2 is 1.80 bits per heavy atom. The molecule has 4 N–H and O–H groups in total. The predicted octanol–water partition coefficient (Wildman–Crippen LogP) is 2.42. The SMILES string of the molecule is CNC(=O)c1nnc(NC(=O)Nc2ccccn2)cc1Nc1cccc(-c2ncn(C)n2)c1OC. The quantitative estimate of drug-likeness (QED) is 0.315. The number of anilines is 4. The van der Waals surface area contributed by atoms with Gasteiger partial charge in [-0.3, -0.25) is 20.1 Å². The summed E-state index contributed by atoms with van der Waals surface area (Å²) in [7, 11) is 4.77. The van der Waals surface area contributed by atoms with Crippen LogP contribution in [0.2, 0.25) is 0 Å². The summed E-state index contributed by atoms with van der Waals surface area (Å²) < 4.78 is 7.21. The van der Waals surface area contributed by atoms with Crippen molar-refractivity contribution < 1.29 is 14.3 Å². The fraction of sp³-hybridized carbons (Fsp3) is 0.136. The molecular formula is C22H22N10O3. The van der Waals surface area contributed by atoms with Crippen molar-refractivity contribution in [2.75, 3.05) is 30.1 Å². The van der Waals surface area contributed by atoms with Crippen molar-refractivity contribution in [3.05, 3.63) is 60.7 Å². The lowest BCUT2D eigenvalue weighted by atomic mass is 10.1. The van der Waals surface area contributed by atoms with Crippen LogP contribution in [-0.2, 0) is 7.05 Å². The minimum absolute atomic E-state index is 0.0200. The van der Waals surface area contributed by atoms with Crippen molar-refractivity contribution in [1.29, 1.82) is 0 Å². The molecule has 35 heavy (non-hydrogen) atoms. The molecule has 178 valence electrons. The molecule has 0 aliphatic heterocycles. The number of nitrogens with zero attached hydrogens (tertiary/aromatic N) is 6. The number of rotatable bonds is 7. The van der Waals surface area contributed by atoms with E-state index >= 15 is 0 Å². The summed E-state index contributed by atoms with van der Waals surface area (Å²) in [5, 5.41) is 23.1. The maximum absolute atomic E-state index is 12.4. The Hall–Kier alpha value is -5.07. The Bertz CT molecular complexity index is 1360. The number of hydrogen-bond acceptors (Lipinski definition) is 9. The van der Waals surface area contributed by atoms with E-state index in [0.29, 0.717) is 28.6 Å². The largest absolute Gasteiger partial charge is 0.494 e. The average Bonchev–Trinajstić information content (AvgIpc) is 3.30. The zero-order valence-corrected chi connectivity index (χ0v) is 19.1. The van der Waals surface area contributed by atoms with Gasteiger partial charge in [0.05, 0.1) is 24.0 Å². The Morgan fingerprint density at radius 3 is 2.49 bits per heavy atom. The lowest BCUT2D eigenvalue weighted by molar-refractivity contribution is 0.0958. The van der Waals surface area contributed by atoms with E-state index in [0.717, 1.165) is 0 Å². The van der Waals surface area contributed by atoms with Crippen LogP contribution in [0.1, 0.15) is 10.5 Å². The summed E-state index contributed by atoms with van der Waals surface area (Å²) in [5.74, 6) is 0.936. The molecule has 3 aromatic heterocycles. The van der Waals surface area contributed by atoms with Crippen molar-refractivity contribution in [2.24, 2.45) is 7.05 Å². The first kappa shape index (κ1) is 23.1. The lowest BCUT2D eigenvalue weighted by Crippen LogP contribution is -2.24. The topological polar surface area (TPSA) is 161 Å². The number of carbonyl (C=O) groups excluding carboxylic acids is 2. The van der Waals surface area contributed by atoms with Crippen LogP contribution in [0.4, 0.5) is 27.8 Å². The highest BCUT2D eigenvalue weighted by molar-refractivity contribution is 6.01. The van der Waals surface area contributed by atoms with Gasteiger partial charge in [0.25, 0.3) is 5.91 Å². The highest BCUT2D eigenvalue weighted by atomic mass is 16.5. The number of para-hydroxylation sites is 1. The average molecular weight is 474 g/mol. The van der Waals surface area contributed by atoms with Crippen LogP contribution in [0, 0.1) is 0 Å². The lowest BCUT2D eigenvalue weighted by Gasteiger charge is -2.16. The molecule has 0 unspecified atom stereocenters. The number of amides is 3. The van der Waals surface area contributed by atoms with E-state index in [4.69, 9.17) is 4.74 Å². The van der Waals surface area contributed by atoms with E-state index < -0.39 is 11.9 Å². The zero-order valence-electron chi connectivity index (χ0n) is 19.1. The number of aryl methyl sites for hydroxylation is 1. The molecule has 13 nitrogen and oxygen atoms in total. The highest BCUT2D eigenvalue weighted by Crippen LogP contribution is 2.37. The van der Waals surface area contributed by atoms with E-state index in [1.807, 2.05) is 6.07 Å². The van der Waals surface area contributed by atoms with Gasteiger partial charge in [0.2, 0.25) is 0 Å². The molecule has 0 spiro atoms. The van der Waals surface area contributed by atoms with E-state index in [1.54, 1.807) is 54.6 Å². The van der Waals surface area contributed by atoms with E-state index in [1.165, 1.54) is 20.2 Å². The van der Waals surface area contributed by atoms with Gasteiger partial charge in [0.15, 0.2) is 23.1 Å². The number of ether oxygens (including phenoxy) is 1. The van der Waals surface area contributed by atoms with Crippen LogP contribution in [-0.4, -0.2) is 56.0 Å². The molecule has 13 heteroatoms. The monoisotopic (exact) mass is 474 g/mol. The second-order valence-corrected chi connectivity index (χ2v) is 7.12. The minimum Gasteiger partial charge on any atom is -0.494 e. The van der Waals surface area contributed by atoms with Crippen molar-refractivity contribution in [3.63, 3.8) is 0 Å². The van der Waals surface area contributed by atoms with Gasteiger partial charge in [0.1, 0.15) is 12.1 Å². The Kier molecular flexibility index (Phi) is 6.76. The van der Waals surface area contributed by atoms with Crippen LogP contribution in [0.25, 0.3) is 11.4 Å². The first-order valence-corrected chi connectivity index (χ1v) is 10.4. The molecule has 0 fully saturated rings. The molecule has 4 rings (SSSR count). The van der Waals surface area contributed by atoms with E-state index in [2.05, 4.69) is 46.5 Å². The number of aromatic nitrogens is 6. The molecule has 0 aliphatic rings. The third-order valence-corrected chi connectivity index (χ3v) is 4.71. The van der Waals surface area contributed by atoms with Gasteiger partial charge in [-0.05, 0) is 24.3 Å². The maximum atomic E-state index is 12.4. The Morgan fingerprint density at radius 1 is 0.971 bits per heavy atom. The number of nitrogens with one attached hydrogen (secondary N) is 4. The smallest absolute Gasteiger partial charge is 0.326 e. The summed E-state index contributed by atoms with van der Waals surface area (Å²) in [5.41, 5.74) is 1.48.